The van der Waals surface area contributed by atoms with E-state index in [1.54, 1.807) is 31.2 Å². The van der Waals surface area contributed by atoms with Crippen LogP contribution < -0.4 is 15.8 Å². The number of hydrogen-bond donors (Lipinski definition) is 2. The van der Waals surface area contributed by atoms with Crippen LogP contribution in [0.25, 0.3) is 33.6 Å². The lowest BCUT2D eigenvalue weighted by molar-refractivity contribution is -0.125. The molecule has 2 amide bonds. The van der Waals surface area contributed by atoms with Gasteiger partial charge in [0.05, 0.1) is 36.6 Å². The Morgan fingerprint density at radius 2 is 1.91 bits per heavy atom. The maximum Gasteiger partial charge on any atom is 0.268 e. The summed E-state index contributed by atoms with van der Waals surface area (Å²) in [4.78, 5) is 35.9. The number of carbonyl (C=O) groups is 2. The van der Waals surface area contributed by atoms with Crippen LogP contribution in [0.2, 0.25) is 0 Å². The lowest BCUT2D eigenvalue weighted by Crippen LogP contribution is -2.55. The normalized spacial score (nSPS) is 22.2. The van der Waals surface area contributed by atoms with Crippen molar-refractivity contribution in [2.24, 2.45) is 24.6 Å². The third-order valence-corrected chi connectivity index (χ3v) is 9.36. The van der Waals surface area contributed by atoms with Gasteiger partial charge in [0.15, 0.2) is 5.82 Å². The second-order valence-corrected chi connectivity index (χ2v) is 12.8. The summed E-state index contributed by atoms with van der Waals surface area (Å²) < 4.78 is 36.8. The monoisotopic (exact) mass is 620 g/mol. The fraction of sp³-hybridized carbons (Fsp3) is 0.500. The maximum atomic E-state index is 13.6. The highest BCUT2D eigenvalue weighted by Crippen LogP contribution is 2.49. The summed E-state index contributed by atoms with van der Waals surface area (Å²) in [5, 5.41) is 7.19. The molecule has 238 valence electrons. The van der Waals surface area contributed by atoms with Crippen molar-refractivity contribution in [3.63, 3.8) is 0 Å². The quantitative estimate of drug-likeness (QED) is 0.307. The Kier molecular flexibility index (Phi) is 7.08. The summed E-state index contributed by atoms with van der Waals surface area (Å²) in [5.41, 5.74) is 10.2. The van der Waals surface area contributed by atoms with Crippen LogP contribution in [-0.2, 0) is 18.4 Å². The van der Waals surface area contributed by atoms with E-state index in [9.17, 15) is 18.4 Å². The Morgan fingerprint density at radius 1 is 1.16 bits per heavy atom. The van der Waals surface area contributed by atoms with Crippen molar-refractivity contribution in [3.8, 4) is 17.3 Å². The molecule has 1 aromatic carbocycles. The lowest BCUT2D eigenvalue weighted by Gasteiger charge is -2.38. The zero-order valence-electron chi connectivity index (χ0n) is 25.9. The van der Waals surface area contributed by atoms with Crippen LogP contribution in [0.3, 0.4) is 0 Å². The van der Waals surface area contributed by atoms with E-state index in [1.165, 1.54) is 0 Å². The lowest BCUT2D eigenvalue weighted by atomic mass is 10.1. The second-order valence-electron chi connectivity index (χ2n) is 12.8. The van der Waals surface area contributed by atoms with Gasteiger partial charge in [0.1, 0.15) is 22.8 Å². The number of aryl methyl sites for hydroxylation is 1. The molecule has 3 aromatic heterocycles. The van der Waals surface area contributed by atoms with Gasteiger partial charge >= 0.3 is 0 Å². The molecule has 0 unspecified atom stereocenters. The first-order chi connectivity index (χ1) is 21.4. The molecular weight excluding hydrogens is 582 g/mol. The molecule has 45 heavy (non-hydrogen) atoms. The van der Waals surface area contributed by atoms with Crippen molar-refractivity contribution in [2.45, 2.75) is 57.2 Å². The smallest absolute Gasteiger partial charge is 0.268 e. The SMILES string of the molecule is COc1cc(C(=O)N2C[C@H](N)CCN2C)cc2nc(-c3cc4ccc([C@@H](C)NC(=O)[C@@H]5CC5(F)F)nc4n3CC3CC3)n(C)c12. The largest absolute Gasteiger partial charge is 0.494 e. The number of alkyl halides is 2. The predicted molar refractivity (Wildman–Crippen MR) is 165 cm³/mol. The van der Waals surface area contributed by atoms with Crippen LogP contribution in [0.4, 0.5) is 8.78 Å². The highest BCUT2D eigenvalue weighted by atomic mass is 19.3. The summed E-state index contributed by atoms with van der Waals surface area (Å²) in [5.74, 6) is -3.25. The van der Waals surface area contributed by atoms with Crippen molar-refractivity contribution in [2.75, 3.05) is 27.2 Å². The van der Waals surface area contributed by atoms with E-state index in [0.29, 0.717) is 47.4 Å². The number of nitrogens with two attached hydrogens (primary N) is 1. The van der Waals surface area contributed by atoms with Gasteiger partial charge in [-0.15, -0.1) is 0 Å². The Balaban J connectivity index is 1.27. The molecular formula is C32H38F2N8O3. The number of halogens is 2. The number of carbonyl (C=O) groups excluding carboxylic acids is 2. The maximum absolute atomic E-state index is 13.6. The van der Waals surface area contributed by atoms with Gasteiger partial charge in [-0.1, -0.05) is 0 Å². The summed E-state index contributed by atoms with van der Waals surface area (Å²) in [7, 11) is 5.39. The molecule has 2 saturated carbocycles. The van der Waals surface area contributed by atoms with Crippen LogP contribution >= 0.6 is 0 Å². The number of nitrogens with zero attached hydrogens (tertiary/aromatic N) is 6. The number of aromatic nitrogens is 4. The first kappa shape index (κ1) is 29.6. The molecule has 11 nitrogen and oxygen atoms in total. The molecule has 0 bridgehead atoms. The minimum Gasteiger partial charge on any atom is -0.494 e. The number of fused-ring (bicyclic) bond motifs is 2. The van der Waals surface area contributed by atoms with Gasteiger partial charge in [0, 0.05) is 50.6 Å². The summed E-state index contributed by atoms with van der Waals surface area (Å²) in [6.07, 6.45) is 2.66. The molecule has 3 N–H and O–H groups in total. The number of nitrogens with one attached hydrogen (secondary N) is 1. The first-order valence-electron chi connectivity index (χ1n) is 15.5. The van der Waals surface area contributed by atoms with Crippen LogP contribution in [-0.4, -0.2) is 80.1 Å². The minimum absolute atomic E-state index is 0.0815. The molecule has 2 aliphatic carbocycles. The van der Waals surface area contributed by atoms with Crippen molar-refractivity contribution in [3.05, 3.63) is 41.6 Å². The zero-order valence-corrected chi connectivity index (χ0v) is 25.9. The van der Waals surface area contributed by atoms with Crippen LogP contribution in [0, 0.1) is 11.8 Å². The summed E-state index contributed by atoms with van der Waals surface area (Å²) in [6, 6.07) is 8.76. The molecule has 13 heteroatoms. The van der Waals surface area contributed by atoms with E-state index in [4.69, 9.17) is 20.4 Å². The zero-order chi connectivity index (χ0) is 31.8. The number of benzene rings is 1. The fourth-order valence-corrected chi connectivity index (χ4v) is 6.33. The van der Waals surface area contributed by atoms with Gasteiger partial charge in [0.25, 0.3) is 11.8 Å². The Hall–Kier alpha value is -4.10. The molecule has 3 atom stereocenters. The van der Waals surface area contributed by atoms with E-state index >= 15 is 0 Å². The summed E-state index contributed by atoms with van der Waals surface area (Å²) in [6.45, 7) is 3.64. The van der Waals surface area contributed by atoms with E-state index in [2.05, 4.69) is 9.88 Å². The van der Waals surface area contributed by atoms with Gasteiger partial charge in [-0.05, 0) is 62.4 Å². The molecule has 4 heterocycles. The van der Waals surface area contributed by atoms with Crippen molar-refractivity contribution in [1.29, 1.82) is 0 Å². The highest BCUT2D eigenvalue weighted by Gasteiger charge is 2.61. The molecule has 0 radical (unpaired) electrons. The number of hydrogen-bond acceptors (Lipinski definition) is 7. The topological polar surface area (TPSA) is 124 Å². The van der Waals surface area contributed by atoms with Crippen LogP contribution in [0.1, 0.15) is 54.7 Å². The van der Waals surface area contributed by atoms with Gasteiger partial charge in [-0.3, -0.25) is 14.6 Å². The number of rotatable bonds is 8. The van der Waals surface area contributed by atoms with Gasteiger partial charge in [-0.2, -0.15) is 0 Å². The van der Waals surface area contributed by atoms with E-state index < -0.39 is 30.2 Å². The number of imidazole rings is 1. The Labute approximate surface area is 259 Å². The van der Waals surface area contributed by atoms with Gasteiger partial charge in [0.2, 0.25) is 5.91 Å². The predicted octanol–water partition coefficient (Wildman–Crippen LogP) is 3.86. The van der Waals surface area contributed by atoms with Crippen molar-refractivity contribution < 1.29 is 23.1 Å². The molecule has 1 saturated heterocycles. The Bertz CT molecular complexity index is 1830. The van der Waals surface area contributed by atoms with Crippen molar-refractivity contribution >= 4 is 33.9 Å². The Morgan fingerprint density at radius 3 is 2.60 bits per heavy atom. The van der Waals surface area contributed by atoms with E-state index in [-0.39, 0.29) is 11.9 Å². The fourth-order valence-electron chi connectivity index (χ4n) is 6.33. The summed E-state index contributed by atoms with van der Waals surface area (Å²) >= 11 is 0. The molecule has 3 aliphatic rings. The van der Waals surface area contributed by atoms with Crippen LogP contribution in [0.5, 0.6) is 5.75 Å². The standard InChI is InChI=1S/C32H38F2N8O3/c1-17(36-30(43)22-14-32(22,33)34)23-8-7-19-12-25(41(28(19)37-23)15-18-5-6-18)29-38-24-11-20(13-26(45-4)27(24)40(29)3)31(44)42-16-21(35)9-10-39(42)2/h7-8,11-13,17-18,21-22H,5-6,9-10,14-16,35H2,1-4H3,(H,36,43)/t17-,21-,22+/m1/s1. The number of ether oxygens (including phenoxy) is 1. The molecule has 1 aliphatic heterocycles. The van der Waals surface area contributed by atoms with E-state index in [1.807, 2.05) is 41.9 Å². The van der Waals surface area contributed by atoms with E-state index in [0.717, 1.165) is 48.1 Å². The van der Waals surface area contributed by atoms with Gasteiger partial charge < -0.3 is 24.9 Å². The average Bonchev–Trinajstić information content (AvgIpc) is 3.89. The van der Waals surface area contributed by atoms with Gasteiger partial charge in [-0.25, -0.2) is 23.8 Å². The number of hydrazine groups is 1. The van der Waals surface area contributed by atoms with Crippen molar-refractivity contribution in [1.82, 2.24) is 34.4 Å². The molecule has 0 spiro atoms. The minimum atomic E-state index is -2.92. The number of amides is 2. The molecule has 3 fully saturated rings. The second kappa shape index (κ2) is 10.8. The molecule has 7 rings (SSSR count). The third kappa shape index (κ3) is 5.31. The first-order valence-corrected chi connectivity index (χ1v) is 15.5. The number of methoxy groups -OCH3 is 1. The molecule has 4 aromatic rings. The third-order valence-electron chi connectivity index (χ3n) is 9.36. The highest BCUT2D eigenvalue weighted by molar-refractivity contribution is 6.00. The number of pyridine rings is 1. The average molecular weight is 621 g/mol. The van der Waals surface area contributed by atoms with Crippen LogP contribution in [0.15, 0.2) is 30.3 Å².